The van der Waals surface area contributed by atoms with Gasteiger partial charge in [-0.25, -0.2) is 5.06 Å². The first kappa shape index (κ1) is 20.6. The fourth-order valence-corrected chi connectivity index (χ4v) is 4.83. The molecule has 1 amide bonds. The van der Waals surface area contributed by atoms with Crippen molar-refractivity contribution in [2.24, 2.45) is 0 Å². The number of para-hydroxylation sites is 1. The monoisotopic (exact) mass is 406 g/mol. The summed E-state index contributed by atoms with van der Waals surface area (Å²) in [5, 5.41) is 1.67. The maximum absolute atomic E-state index is 13.6. The van der Waals surface area contributed by atoms with E-state index in [2.05, 4.69) is 20.8 Å². The van der Waals surface area contributed by atoms with Gasteiger partial charge in [0.25, 0.3) is 5.91 Å². The summed E-state index contributed by atoms with van der Waals surface area (Å²) in [6.45, 7) is 7.03. The first-order chi connectivity index (χ1) is 14.4. The van der Waals surface area contributed by atoms with Gasteiger partial charge < -0.3 is 4.90 Å². The van der Waals surface area contributed by atoms with Crippen LogP contribution in [-0.4, -0.2) is 40.3 Å². The van der Waals surface area contributed by atoms with Crippen molar-refractivity contribution in [2.45, 2.75) is 63.6 Å². The van der Waals surface area contributed by atoms with Gasteiger partial charge in [-0.3, -0.25) is 14.4 Å². The second-order valence-corrected chi connectivity index (χ2v) is 9.00. The van der Waals surface area contributed by atoms with Crippen molar-refractivity contribution in [3.63, 3.8) is 0 Å². The van der Waals surface area contributed by atoms with Crippen molar-refractivity contribution in [1.29, 1.82) is 0 Å². The van der Waals surface area contributed by atoms with Crippen LogP contribution in [0.4, 0.5) is 5.69 Å². The molecule has 0 bridgehead atoms. The summed E-state index contributed by atoms with van der Waals surface area (Å²) in [5.41, 5.74) is 0.125. The Morgan fingerprint density at radius 2 is 1.70 bits per heavy atom. The molecule has 2 heterocycles. The molecule has 5 nitrogen and oxygen atoms in total. The molecule has 30 heavy (non-hydrogen) atoms. The number of ketones is 1. The molecule has 2 aromatic carbocycles. The van der Waals surface area contributed by atoms with Crippen LogP contribution in [0.15, 0.2) is 60.7 Å². The Labute approximate surface area is 178 Å². The zero-order valence-electron chi connectivity index (χ0n) is 18.0. The van der Waals surface area contributed by atoms with Gasteiger partial charge in [-0.2, -0.15) is 0 Å². The van der Waals surface area contributed by atoms with E-state index >= 15 is 0 Å². The van der Waals surface area contributed by atoms with Crippen LogP contribution in [0, 0.1) is 0 Å². The topological polar surface area (TPSA) is 49.9 Å². The van der Waals surface area contributed by atoms with Crippen LogP contribution in [0.2, 0.25) is 0 Å². The zero-order chi connectivity index (χ0) is 21.4. The van der Waals surface area contributed by atoms with Crippen LogP contribution >= 0.6 is 0 Å². The number of carbonyl (C=O) groups is 2. The van der Waals surface area contributed by atoms with E-state index in [9.17, 15) is 9.59 Å². The SMILES string of the molecule is CCCCN1C(=O)[C@]2(C[C@H](C(=O)c3ccccc3)N(c3ccccc3)O2)CC1(C)C. The number of hydrogen-bond donors (Lipinski definition) is 0. The molecule has 2 aromatic rings. The Kier molecular flexibility index (Phi) is 5.41. The molecule has 4 rings (SSSR count). The molecule has 0 aliphatic carbocycles. The lowest BCUT2D eigenvalue weighted by atomic mass is 9.86. The van der Waals surface area contributed by atoms with Crippen molar-refractivity contribution in [3.05, 3.63) is 66.2 Å². The molecule has 2 aliphatic rings. The van der Waals surface area contributed by atoms with Crippen LogP contribution < -0.4 is 5.06 Å². The number of Topliss-reactive ketones (excluding diaryl/α,β-unsaturated/α-hetero) is 1. The molecule has 5 heteroatoms. The summed E-state index contributed by atoms with van der Waals surface area (Å²) in [5.74, 6) is -0.0146. The number of anilines is 1. The first-order valence-electron chi connectivity index (χ1n) is 10.8. The van der Waals surface area contributed by atoms with Crippen molar-refractivity contribution in [1.82, 2.24) is 4.90 Å². The average Bonchev–Trinajstić information content (AvgIpc) is 3.22. The molecule has 0 saturated carbocycles. The average molecular weight is 407 g/mol. The Balaban J connectivity index is 1.70. The highest BCUT2D eigenvalue weighted by Crippen LogP contribution is 2.48. The van der Waals surface area contributed by atoms with Crippen molar-refractivity contribution >= 4 is 17.4 Å². The molecule has 1 spiro atoms. The Bertz CT molecular complexity index is 913. The molecular formula is C25H30N2O3. The van der Waals surface area contributed by atoms with Gasteiger partial charge in [0.15, 0.2) is 11.4 Å². The van der Waals surface area contributed by atoms with E-state index in [4.69, 9.17) is 4.84 Å². The normalized spacial score (nSPS) is 25.3. The number of likely N-dealkylation sites (tertiary alicyclic amines) is 1. The first-order valence-corrected chi connectivity index (χ1v) is 10.8. The van der Waals surface area contributed by atoms with Gasteiger partial charge in [0.2, 0.25) is 0 Å². The lowest BCUT2D eigenvalue weighted by molar-refractivity contribution is -0.146. The molecule has 0 aromatic heterocycles. The van der Waals surface area contributed by atoms with Gasteiger partial charge in [-0.1, -0.05) is 61.9 Å². The van der Waals surface area contributed by atoms with Gasteiger partial charge in [0.05, 0.1) is 5.69 Å². The summed E-state index contributed by atoms with van der Waals surface area (Å²) >= 11 is 0. The Hall–Kier alpha value is -2.66. The third-order valence-corrected chi connectivity index (χ3v) is 6.27. The van der Waals surface area contributed by atoms with E-state index in [0.29, 0.717) is 18.4 Å². The van der Waals surface area contributed by atoms with Gasteiger partial charge in [0.1, 0.15) is 6.04 Å². The summed E-state index contributed by atoms with van der Waals surface area (Å²) in [6, 6.07) is 18.3. The van der Waals surface area contributed by atoms with E-state index in [1.165, 1.54) is 0 Å². The molecule has 2 aliphatic heterocycles. The number of amides is 1. The molecule has 2 saturated heterocycles. The van der Waals surface area contributed by atoms with E-state index < -0.39 is 11.6 Å². The maximum Gasteiger partial charge on any atom is 0.258 e. The summed E-state index contributed by atoms with van der Waals surface area (Å²) < 4.78 is 0. The van der Waals surface area contributed by atoms with Crippen molar-refractivity contribution in [3.8, 4) is 0 Å². The lowest BCUT2D eigenvalue weighted by Crippen LogP contribution is -2.44. The van der Waals surface area contributed by atoms with Gasteiger partial charge in [-0.15, -0.1) is 0 Å². The second kappa shape index (κ2) is 7.88. The van der Waals surface area contributed by atoms with Crippen molar-refractivity contribution in [2.75, 3.05) is 11.6 Å². The van der Waals surface area contributed by atoms with E-state index in [1.54, 1.807) is 5.06 Å². The second-order valence-electron chi connectivity index (χ2n) is 9.00. The highest BCUT2D eigenvalue weighted by Gasteiger charge is 2.63. The van der Waals surface area contributed by atoms with Gasteiger partial charge in [-0.05, 0) is 32.4 Å². The molecule has 158 valence electrons. The molecule has 2 atom stereocenters. The molecule has 2 fully saturated rings. The minimum absolute atomic E-state index is 0.00485. The van der Waals surface area contributed by atoms with Crippen LogP contribution in [-0.2, 0) is 9.63 Å². The van der Waals surface area contributed by atoms with E-state index in [1.807, 2.05) is 65.6 Å². The van der Waals surface area contributed by atoms with Gasteiger partial charge >= 0.3 is 0 Å². The third kappa shape index (κ3) is 3.52. The third-order valence-electron chi connectivity index (χ3n) is 6.27. The standard InChI is InChI=1S/C25H30N2O3/c1-4-5-16-26-23(29)25(18-24(26,2)3)17-21(22(28)19-12-8-6-9-13-19)27(30-25)20-14-10-7-11-15-20/h6-15,21H,4-5,16-18H2,1-3H3/t21-,25+/m1/s1. The summed E-state index contributed by atoms with van der Waals surface area (Å²) in [7, 11) is 0. The predicted molar refractivity (Wildman–Crippen MR) is 117 cm³/mol. The number of benzene rings is 2. The number of carbonyl (C=O) groups excluding carboxylic acids is 2. The largest absolute Gasteiger partial charge is 0.335 e. The van der Waals surface area contributed by atoms with Crippen LogP contribution in [0.3, 0.4) is 0 Å². The van der Waals surface area contributed by atoms with Crippen LogP contribution in [0.1, 0.15) is 56.8 Å². The van der Waals surface area contributed by atoms with Crippen LogP contribution in [0.25, 0.3) is 0 Å². The minimum Gasteiger partial charge on any atom is -0.335 e. The number of hydroxylamine groups is 1. The molecule has 0 N–H and O–H groups in total. The summed E-state index contributed by atoms with van der Waals surface area (Å²) in [4.78, 5) is 35.4. The number of rotatable bonds is 6. The Morgan fingerprint density at radius 3 is 2.33 bits per heavy atom. The number of hydrogen-bond acceptors (Lipinski definition) is 4. The highest BCUT2D eigenvalue weighted by atomic mass is 16.7. The van der Waals surface area contributed by atoms with Gasteiger partial charge in [0, 0.05) is 30.5 Å². The molecular weight excluding hydrogens is 376 g/mol. The number of nitrogens with zero attached hydrogens (tertiary/aromatic N) is 2. The fraction of sp³-hybridized carbons (Fsp3) is 0.440. The molecule has 0 radical (unpaired) electrons. The van der Waals surface area contributed by atoms with E-state index in [-0.39, 0.29) is 17.2 Å². The predicted octanol–water partition coefficient (Wildman–Crippen LogP) is 4.63. The Morgan fingerprint density at radius 1 is 1.07 bits per heavy atom. The summed E-state index contributed by atoms with van der Waals surface area (Å²) in [6.07, 6.45) is 2.92. The van der Waals surface area contributed by atoms with Crippen molar-refractivity contribution < 1.29 is 14.4 Å². The van der Waals surface area contributed by atoms with Crippen LogP contribution in [0.5, 0.6) is 0 Å². The van der Waals surface area contributed by atoms with E-state index in [0.717, 1.165) is 25.1 Å². The number of unbranched alkanes of at least 4 members (excludes halogenated alkanes) is 1. The maximum atomic E-state index is 13.6. The minimum atomic E-state index is -0.998. The molecule has 0 unspecified atom stereocenters. The zero-order valence-corrected chi connectivity index (χ0v) is 18.0. The smallest absolute Gasteiger partial charge is 0.258 e. The lowest BCUT2D eigenvalue weighted by Gasteiger charge is -2.31. The quantitative estimate of drug-likeness (QED) is 0.657. The fourth-order valence-electron chi connectivity index (χ4n) is 4.83. The highest BCUT2D eigenvalue weighted by molar-refractivity contribution is 6.03.